The van der Waals surface area contributed by atoms with Crippen molar-refractivity contribution in [3.8, 4) is 0 Å². The molecule has 0 spiro atoms. The van der Waals surface area contributed by atoms with Gasteiger partial charge < -0.3 is 10.2 Å². The number of nitrogens with zero attached hydrogens (tertiary/aromatic N) is 3. The standard InChI is InChI=1S/C23H25FN4O.ClH/c1-15-7-9-17(24)13-20(15)27-21-18-10-8-16(2)26-22(18)25-14-19(21)23(29)28-11-5-3-4-6-12-28;/h7-10,13-14H,3-6,11-12H2,1-2H3,(H,25,26,27);1H. The van der Waals surface area contributed by atoms with Crippen LogP contribution in [-0.4, -0.2) is 33.9 Å². The van der Waals surface area contributed by atoms with E-state index in [4.69, 9.17) is 0 Å². The average molecular weight is 429 g/mol. The van der Waals surface area contributed by atoms with Crippen LogP contribution in [0.4, 0.5) is 15.8 Å². The smallest absolute Gasteiger partial charge is 0.257 e. The molecule has 7 heteroatoms. The predicted octanol–water partition coefficient (Wildman–Crippen LogP) is 5.57. The van der Waals surface area contributed by atoms with E-state index in [2.05, 4.69) is 15.3 Å². The molecular formula is C23H26ClFN4O. The van der Waals surface area contributed by atoms with E-state index in [0.29, 0.717) is 22.6 Å². The van der Waals surface area contributed by atoms with Crippen LogP contribution in [0.3, 0.4) is 0 Å². The summed E-state index contributed by atoms with van der Waals surface area (Å²) in [6, 6.07) is 8.41. The number of hydrogen-bond acceptors (Lipinski definition) is 4. The summed E-state index contributed by atoms with van der Waals surface area (Å²) in [5.74, 6) is -0.371. The lowest BCUT2D eigenvalue weighted by Crippen LogP contribution is -2.32. The second kappa shape index (κ2) is 9.39. The minimum Gasteiger partial charge on any atom is -0.354 e. The van der Waals surface area contributed by atoms with Gasteiger partial charge in [-0.3, -0.25) is 4.79 Å². The van der Waals surface area contributed by atoms with Gasteiger partial charge in [-0.2, -0.15) is 0 Å². The minimum absolute atomic E-state index is 0. The molecule has 0 saturated carbocycles. The molecule has 158 valence electrons. The molecule has 0 aliphatic carbocycles. The topological polar surface area (TPSA) is 58.1 Å². The number of carbonyl (C=O) groups excluding carboxylic acids is 1. The van der Waals surface area contributed by atoms with E-state index >= 15 is 0 Å². The van der Waals surface area contributed by atoms with Crippen molar-refractivity contribution in [3.05, 3.63) is 59.2 Å². The molecule has 0 radical (unpaired) electrons. The molecule has 1 N–H and O–H groups in total. The molecule has 4 rings (SSSR count). The summed E-state index contributed by atoms with van der Waals surface area (Å²) in [6.45, 7) is 5.31. The zero-order chi connectivity index (χ0) is 20.4. The summed E-state index contributed by atoms with van der Waals surface area (Å²) >= 11 is 0. The molecule has 1 fully saturated rings. The molecule has 3 aromatic rings. The van der Waals surface area contributed by atoms with Crippen LogP contribution in [0.1, 0.15) is 47.3 Å². The molecule has 0 bridgehead atoms. The summed E-state index contributed by atoms with van der Waals surface area (Å²) in [6.07, 6.45) is 5.92. The molecule has 1 aliphatic heterocycles. The summed E-state index contributed by atoms with van der Waals surface area (Å²) in [5.41, 5.74) is 4.06. The highest BCUT2D eigenvalue weighted by atomic mass is 35.5. The van der Waals surface area contributed by atoms with Crippen LogP contribution in [0, 0.1) is 19.7 Å². The SMILES string of the molecule is Cc1ccc2c(Nc3cc(F)ccc3C)c(C(=O)N3CCCCCC3)cnc2n1.Cl. The number of pyridine rings is 2. The Morgan fingerprint density at radius 1 is 1.07 bits per heavy atom. The number of rotatable bonds is 3. The molecule has 1 aliphatic rings. The van der Waals surface area contributed by atoms with Gasteiger partial charge in [0.15, 0.2) is 5.65 Å². The van der Waals surface area contributed by atoms with Crippen LogP contribution in [0.2, 0.25) is 0 Å². The molecule has 0 unspecified atom stereocenters. The highest BCUT2D eigenvalue weighted by Crippen LogP contribution is 2.31. The van der Waals surface area contributed by atoms with Crippen LogP contribution < -0.4 is 5.32 Å². The van der Waals surface area contributed by atoms with E-state index in [1.165, 1.54) is 12.1 Å². The first-order valence-electron chi connectivity index (χ1n) is 10.1. The van der Waals surface area contributed by atoms with Gasteiger partial charge in [0.25, 0.3) is 5.91 Å². The van der Waals surface area contributed by atoms with Crippen molar-refractivity contribution in [1.29, 1.82) is 0 Å². The van der Waals surface area contributed by atoms with Gasteiger partial charge >= 0.3 is 0 Å². The van der Waals surface area contributed by atoms with Gasteiger partial charge in [0.1, 0.15) is 5.82 Å². The molecule has 1 aromatic carbocycles. The average Bonchev–Trinajstić information content (AvgIpc) is 3.00. The maximum atomic E-state index is 13.9. The van der Waals surface area contributed by atoms with Crippen molar-refractivity contribution in [2.75, 3.05) is 18.4 Å². The maximum Gasteiger partial charge on any atom is 0.257 e. The van der Waals surface area contributed by atoms with Crippen molar-refractivity contribution < 1.29 is 9.18 Å². The Morgan fingerprint density at radius 2 is 1.80 bits per heavy atom. The van der Waals surface area contributed by atoms with Gasteiger partial charge in [0, 0.05) is 36.1 Å². The van der Waals surface area contributed by atoms with Crippen molar-refractivity contribution in [2.24, 2.45) is 0 Å². The number of aromatic nitrogens is 2. The van der Waals surface area contributed by atoms with Crippen LogP contribution in [0.5, 0.6) is 0 Å². The van der Waals surface area contributed by atoms with E-state index in [1.54, 1.807) is 12.3 Å². The Hall–Kier alpha value is -2.73. The fourth-order valence-corrected chi connectivity index (χ4v) is 3.78. The van der Waals surface area contributed by atoms with Crippen molar-refractivity contribution in [3.63, 3.8) is 0 Å². The number of benzene rings is 1. The fourth-order valence-electron chi connectivity index (χ4n) is 3.78. The second-order valence-electron chi connectivity index (χ2n) is 7.66. The van der Waals surface area contributed by atoms with Crippen LogP contribution in [0.25, 0.3) is 11.0 Å². The molecule has 3 heterocycles. The number of aryl methyl sites for hydroxylation is 2. The van der Waals surface area contributed by atoms with E-state index in [1.807, 2.05) is 30.9 Å². The highest BCUT2D eigenvalue weighted by Gasteiger charge is 2.23. The maximum absolute atomic E-state index is 13.9. The summed E-state index contributed by atoms with van der Waals surface area (Å²) in [7, 11) is 0. The van der Waals surface area contributed by atoms with Gasteiger partial charge in [0.05, 0.1) is 11.3 Å². The van der Waals surface area contributed by atoms with E-state index in [0.717, 1.165) is 55.4 Å². The lowest BCUT2D eigenvalue weighted by Gasteiger charge is -2.23. The van der Waals surface area contributed by atoms with Gasteiger partial charge in [-0.05, 0) is 56.5 Å². The Bertz CT molecular complexity index is 1060. The van der Waals surface area contributed by atoms with Gasteiger partial charge in [-0.25, -0.2) is 14.4 Å². The quantitative estimate of drug-likeness (QED) is 0.592. The van der Waals surface area contributed by atoms with E-state index in [9.17, 15) is 9.18 Å². The number of hydrogen-bond donors (Lipinski definition) is 1. The first-order valence-corrected chi connectivity index (χ1v) is 10.1. The Kier molecular flexibility index (Phi) is 6.87. The van der Waals surface area contributed by atoms with Crippen molar-refractivity contribution in [1.82, 2.24) is 14.9 Å². The normalized spacial score (nSPS) is 14.2. The highest BCUT2D eigenvalue weighted by molar-refractivity contribution is 6.07. The number of nitrogens with one attached hydrogen (secondary N) is 1. The Balaban J connectivity index is 0.00000256. The molecule has 2 aromatic heterocycles. The van der Waals surface area contributed by atoms with Crippen LogP contribution >= 0.6 is 12.4 Å². The summed E-state index contributed by atoms with van der Waals surface area (Å²) in [4.78, 5) is 24.2. The number of amides is 1. The van der Waals surface area contributed by atoms with Crippen molar-refractivity contribution in [2.45, 2.75) is 39.5 Å². The van der Waals surface area contributed by atoms with Crippen molar-refractivity contribution >= 4 is 40.7 Å². The Morgan fingerprint density at radius 3 is 2.53 bits per heavy atom. The molecule has 0 atom stereocenters. The largest absolute Gasteiger partial charge is 0.354 e. The molecule has 5 nitrogen and oxygen atoms in total. The summed E-state index contributed by atoms with van der Waals surface area (Å²) in [5, 5.41) is 4.06. The first-order chi connectivity index (χ1) is 14.0. The fraction of sp³-hybridized carbons (Fsp3) is 0.348. The molecule has 1 saturated heterocycles. The zero-order valence-electron chi connectivity index (χ0n) is 17.2. The van der Waals surface area contributed by atoms with Gasteiger partial charge in [-0.15, -0.1) is 12.4 Å². The predicted molar refractivity (Wildman–Crippen MR) is 120 cm³/mol. The number of likely N-dealkylation sites (tertiary alicyclic amines) is 1. The summed E-state index contributed by atoms with van der Waals surface area (Å²) < 4.78 is 13.9. The molecular weight excluding hydrogens is 403 g/mol. The van der Waals surface area contributed by atoms with Crippen LogP contribution in [0.15, 0.2) is 36.5 Å². The lowest BCUT2D eigenvalue weighted by atomic mass is 10.1. The third-order valence-corrected chi connectivity index (χ3v) is 5.45. The lowest BCUT2D eigenvalue weighted by molar-refractivity contribution is 0.0762. The third kappa shape index (κ3) is 4.54. The van der Waals surface area contributed by atoms with Gasteiger partial charge in [0.2, 0.25) is 0 Å². The van der Waals surface area contributed by atoms with E-state index in [-0.39, 0.29) is 24.1 Å². The number of carbonyl (C=O) groups is 1. The third-order valence-electron chi connectivity index (χ3n) is 5.45. The monoisotopic (exact) mass is 428 g/mol. The molecule has 30 heavy (non-hydrogen) atoms. The number of halogens is 2. The second-order valence-corrected chi connectivity index (χ2v) is 7.66. The minimum atomic E-state index is -0.328. The number of fused-ring (bicyclic) bond motifs is 1. The zero-order valence-corrected chi connectivity index (χ0v) is 18.1. The molecule has 1 amide bonds. The first kappa shape index (κ1) is 22.0. The Labute approximate surface area is 182 Å². The van der Waals surface area contributed by atoms with E-state index < -0.39 is 0 Å². The number of anilines is 2. The van der Waals surface area contributed by atoms with Gasteiger partial charge in [-0.1, -0.05) is 18.9 Å². The van der Waals surface area contributed by atoms with Crippen LogP contribution in [-0.2, 0) is 0 Å².